The molecule has 0 aromatic heterocycles. The maximum Gasteiger partial charge on any atom is 0.0434 e. The van der Waals surface area contributed by atoms with Crippen LogP contribution in [0.5, 0.6) is 0 Å². The molecule has 0 saturated carbocycles. The molecule has 2 heteroatoms. The van der Waals surface area contributed by atoms with Crippen LogP contribution in [-0.4, -0.2) is 18.8 Å². The molecule has 1 aromatic carbocycles. The summed E-state index contributed by atoms with van der Waals surface area (Å²) < 4.78 is 0. The molecule has 0 spiro atoms. The largest absolute Gasteiger partial charge is 0.396 e. The second kappa shape index (κ2) is 8.24. The van der Waals surface area contributed by atoms with Crippen molar-refractivity contribution in [1.29, 1.82) is 0 Å². The van der Waals surface area contributed by atoms with Gasteiger partial charge in [0.1, 0.15) is 0 Å². The Kier molecular flexibility index (Phi) is 7.65. The molecule has 0 radical (unpaired) electrons. The zero-order chi connectivity index (χ0) is 9.23. The van der Waals surface area contributed by atoms with Crippen molar-refractivity contribution in [2.45, 2.75) is 12.8 Å². The Labute approximate surface area is 74.0 Å². The minimum absolute atomic E-state index is 0.287. The van der Waals surface area contributed by atoms with Crippen LogP contribution in [0.2, 0.25) is 0 Å². The van der Waals surface area contributed by atoms with Gasteiger partial charge in [-0.3, -0.25) is 0 Å². The van der Waals surface area contributed by atoms with Crippen molar-refractivity contribution in [3.63, 3.8) is 0 Å². The normalized spacial score (nSPS) is 8.58. The van der Waals surface area contributed by atoms with E-state index in [1.165, 1.54) is 12.6 Å². The van der Waals surface area contributed by atoms with E-state index in [1.54, 1.807) is 0 Å². The van der Waals surface area contributed by atoms with Crippen LogP contribution in [0.4, 0.5) is 0 Å². The number of hydrogen-bond acceptors (Lipinski definition) is 2. The summed E-state index contributed by atoms with van der Waals surface area (Å²) in [4.78, 5) is 0. The summed E-state index contributed by atoms with van der Waals surface area (Å²) in [6, 6.07) is 10.2. The standard InChI is InChI=1S/C9H12O.CH5N/c10-8-4-7-9-5-2-1-3-6-9;1-2/h1-3,5-6,10H,4,7-8H2;2H2,1H3. The molecule has 68 valence electrons. The minimum Gasteiger partial charge on any atom is -0.396 e. The van der Waals surface area contributed by atoms with Gasteiger partial charge in [0.05, 0.1) is 0 Å². The lowest BCUT2D eigenvalue weighted by Gasteiger charge is -1.96. The Balaban J connectivity index is 0.000000561. The molecule has 0 amide bonds. The molecule has 0 atom stereocenters. The molecule has 0 aliphatic carbocycles. The van der Waals surface area contributed by atoms with Gasteiger partial charge in [0.15, 0.2) is 0 Å². The van der Waals surface area contributed by atoms with E-state index in [-0.39, 0.29) is 6.61 Å². The van der Waals surface area contributed by atoms with Crippen molar-refractivity contribution >= 4 is 0 Å². The molecule has 0 aliphatic rings. The predicted octanol–water partition coefficient (Wildman–Crippen LogP) is 1.19. The van der Waals surface area contributed by atoms with Crippen LogP contribution in [0.1, 0.15) is 12.0 Å². The summed E-state index contributed by atoms with van der Waals surface area (Å²) in [6.45, 7) is 0.287. The molecule has 0 unspecified atom stereocenters. The molecule has 12 heavy (non-hydrogen) atoms. The smallest absolute Gasteiger partial charge is 0.0434 e. The number of benzene rings is 1. The van der Waals surface area contributed by atoms with Gasteiger partial charge in [-0.1, -0.05) is 30.3 Å². The number of aryl methyl sites for hydroxylation is 1. The third-order valence-electron chi connectivity index (χ3n) is 1.47. The van der Waals surface area contributed by atoms with E-state index in [0.29, 0.717) is 0 Å². The van der Waals surface area contributed by atoms with Crippen LogP contribution in [0.15, 0.2) is 30.3 Å². The lowest BCUT2D eigenvalue weighted by atomic mass is 10.1. The van der Waals surface area contributed by atoms with Gasteiger partial charge in [0, 0.05) is 6.61 Å². The van der Waals surface area contributed by atoms with E-state index < -0.39 is 0 Å². The second-order valence-electron chi connectivity index (χ2n) is 2.31. The van der Waals surface area contributed by atoms with Gasteiger partial charge in [0.25, 0.3) is 0 Å². The number of aliphatic hydroxyl groups is 1. The predicted molar refractivity (Wildman–Crippen MR) is 52.0 cm³/mol. The first-order valence-corrected chi connectivity index (χ1v) is 4.16. The van der Waals surface area contributed by atoms with E-state index in [4.69, 9.17) is 5.11 Å². The first-order valence-electron chi connectivity index (χ1n) is 4.16. The highest BCUT2D eigenvalue weighted by Crippen LogP contribution is 2.00. The van der Waals surface area contributed by atoms with E-state index in [0.717, 1.165) is 12.8 Å². The summed E-state index contributed by atoms with van der Waals surface area (Å²) in [7, 11) is 1.50. The molecule has 2 nitrogen and oxygen atoms in total. The van der Waals surface area contributed by atoms with Crippen LogP contribution >= 0.6 is 0 Å². The average molecular weight is 167 g/mol. The fourth-order valence-electron chi connectivity index (χ4n) is 0.928. The maximum absolute atomic E-state index is 8.53. The molecule has 1 aromatic rings. The number of nitrogens with two attached hydrogens (primary N) is 1. The van der Waals surface area contributed by atoms with Crippen LogP contribution in [0, 0.1) is 0 Å². The zero-order valence-corrected chi connectivity index (χ0v) is 7.53. The quantitative estimate of drug-likeness (QED) is 0.710. The van der Waals surface area contributed by atoms with Gasteiger partial charge in [-0.25, -0.2) is 0 Å². The van der Waals surface area contributed by atoms with Crippen LogP contribution in [-0.2, 0) is 6.42 Å². The molecule has 0 heterocycles. The highest BCUT2D eigenvalue weighted by Gasteiger charge is 1.87. The Hall–Kier alpha value is -0.860. The molecule has 0 saturated heterocycles. The average Bonchev–Trinajstić information content (AvgIpc) is 2.19. The van der Waals surface area contributed by atoms with Crippen LogP contribution < -0.4 is 5.73 Å². The number of aliphatic hydroxyl groups excluding tert-OH is 1. The molecule has 3 N–H and O–H groups in total. The van der Waals surface area contributed by atoms with Gasteiger partial charge in [0.2, 0.25) is 0 Å². The number of rotatable bonds is 3. The van der Waals surface area contributed by atoms with Gasteiger partial charge in [-0.15, -0.1) is 0 Å². The first kappa shape index (κ1) is 11.1. The van der Waals surface area contributed by atoms with E-state index in [9.17, 15) is 0 Å². The fourth-order valence-corrected chi connectivity index (χ4v) is 0.928. The third kappa shape index (κ3) is 4.88. The van der Waals surface area contributed by atoms with Crippen molar-refractivity contribution in [2.75, 3.05) is 13.7 Å². The maximum atomic E-state index is 8.53. The van der Waals surface area contributed by atoms with Crippen molar-refractivity contribution in [2.24, 2.45) is 5.73 Å². The highest BCUT2D eigenvalue weighted by molar-refractivity contribution is 5.14. The Morgan fingerprint density at radius 3 is 2.25 bits per heavy atom. The molecule has 0 aliphatic heterocycles. The molecule has 0 fully saturated rings. The Morgan fingerprint density at radius 2 is 1.75 bits per heavy atom. The monoisotopic (exact) mass is 167 g/mol. The summed E-state index contributed by atoms with van der Waals surface area (Å²) in [5.41, 5.74) is 5.80. The first-order chi connectivity index (χ1) is 5.93. The van der Waals surface area contributed by atoms with E-state index >= 15 is 0 Å². The Bertz CT molecular complexity index is 174. The SMILES string of the molecule is CN.OCCCc1ccccc1. The zero-order valence-electron chi connectivity index (χ0n) is 7.53. The van der Waals surface area contributed by atoms with Gasteiger partial charge in [-0.05, 0) is 25.5 Å². The summed E-state index contributed by atoms with van der Waals surface area (Å²) >= 11 is 0. The molecule has 0 bridgehead atoms. The van der Waals surface area contributed by atoms with Crippen molar-refractivity contribution in [3.8, 4) is 0 Å². The highest BCUT2D eigenvalue weighted by atomic mass is 16.2. The summed E-state index contributed by atoms with van der Waals surface area (Å²) in [5, 5.41) is 8.53. The van der Waals surface area contributed by atoms with Gasteiger partial charge < -0.3 is 10.8 Å². The van der Waals surface area contributed by atoms with Gasteiger partial charge >= 0.3 is 0 Å². The lowest BCUT2D eigenvalue weighted by molar-refractivity contribution is 0.288. The topological polar surface area (TPSA) is 46.2 Å². The molecular weight excluding hydrogens is 150 g/mol. The van der Waals surface area contributed by atoms with Crippen LogP contribution in [0.3, 0.4) is 0 Å². The third-order valence-corrected chi connectivity index (χ3v) is 1.47. The summed E-state index contributed by atoms with van der Waals surface area (Å²) in [6.07, 6.45) is 1.85. The van der Waals surface area contributed by atoms with E-state index in [2.05, 4.69) is 17.9 Å². The molecule has 1 rings (SSSR count). The molecular formula is C10H17NO. The van der Waals surface area contributed by atoms with E-state index in [1.807, 2.05) is 18.2 Å². The Morgan fingerprint density at radius 1 is 1.17 bits per heavy atom. The fraction of sp³-hybridized carbons (Fsp3) is 0.400. The van der Waals surface area contributed by atoms with Crippen molar-refractivity contribution in [3.05, 3.63) is 35.9 Å². The van der Waals surface area contributed by atoms with Crippen molar-refractivity contribution in [1.82, 2.24) is 0 Å². The van der Waals surface area contributed by atoms with Gasteiger partial charge in [-0.2, -0.15) is 0 Å². The van der Waals surface area contributed by atoms with Crippen LogP contribution in [0.25, 0.3) is 0 Å². The lowest BCUT2D eigenvalue weighted by Crippen LogP contribution is -1.87. The van der Waals surface area contributed by atoms with Crippen molar-refractivity contribution < 1.29 is 5.11 Å². The second-order valence-corrected chi connectivity index (χ2v) is 2.31. The summed E-state index contributed by atoms with van der Waals surface area (Å²) in [5.74, 6) is 0. The minimum atomic E-state index is 0.287. The number of hydrogen-bond donors (Lipinski definition) is 2.